The van der Waals surface area contributed by atoms with Crippen molar-refractivity contribution in [3.8, 4) is 23.0 Å². The van der Waals surface area contributed by atoms with Gasteiger partial charge >= 0.3 is 25.1 Å². The Morgan fingerprint density at radius 2 is 1.68 bits per heavy atom. The molecule has 3 heterocycles. The van der Waals surface area contributed by atoms with Gasteiger partial charge in [0.15, 0.2) is 17.3 Å². The standard InChI is InChI=1S/C33H32BClF3N5O10/c35-25-19(13-22(38)27(45)28(25)46)26(30(47)39-23-11-15-2-4-20(36)24(31(48)49)29(15)53-34(23)52)40-32(50)43-10-9-42(33(43)51)17-5-7-41(8-6-17)14-16-1-3-18(44)12-21(16)37/h1-4,12-13,17,23,26,44-46,52H,5-11,14H2,(H,39,47)(H,40,50)(H,48,49)/t23-,26?/m0/s1. The predicted octanol–water partition coefficient (Wildman–Crippen LogP) is 2.86. The third kappa shape index (κ3) is 7.44. The number of piperidine rings is 1. The lowest BCUT2D eigenvalue weighted by Gasteiger charge is -2.36. The molecule has 3 aromatic rings. The van der Waals surface area contributed by atoms with E-state index in [9.17, 15) is 57.8 Å². The van der Waals surface area contributed by atoms with E-state index in [-0.39, 0.29) is 36.9 Å². The van der Waals surface area contributed by atoms with Crippen LogP contribution in [0.3, 0.4) is 0 Å². The van der Waals surface area contributed by atoms with E-state index in [1.165, 1.54) is 23.1 Å². The number of likely N-dealkylation sites (tertiary alicyclic amines) is 1. The van der Waals surface area contributed by atoms with Crippen molar-refractivity contribution in [3.05, 3.63) is 81.1 Å². The molecule has 0 spiro atoms. The summed E-state index contributed by atoms with van der Waals surface area (Å²) in [5.74, 6) is -10.2. The molecule has 0 radical (unpaired) electrons. The molecule has 280 valence electrons. The van der Waals surface area contributed by atoms with Gasteiger partial charge < -0.3 is 45.6 Å². The Kier molecular flexibility index (Phi) is 10.5. The summed E-state index contributed by atoms with van der Waals surface area (Å²) in [6, 6.07) is 2.55. The number of carbonyl (C=O) groups is 4. The van der Waals surface area contributed by atoms with Gasteiger partial charge in [-0.2, -0.15) is 0 Å². The smallest absolute Gasteiger partial charge is 0.534 e. The van der Waals surface area contributed by atoms with Crippen LogP contribution in [-0.4, -0.2) is 109 Å². The summed E-state index contributed by atoms with van der Waals surface area (Å²) >= 11 is 6.19. The van der Waals surface area contributed by atoms with Crippen LogP contribution in [0.5, 0.6) is 23.0 Å². The molecule has 3 aromatic carbocycles. The average molecular weight is 762 g/mol. The van der Waals surface area contributed by atoms with Crippen LogP contribution >= 0.6 is 11.6 Å². The van der Waals surface area contributed by atoms with Gasteiger partial charge in [-0.25, -0.2) is 32.5 Å². The van der Waals surface area contributed by atoms with Crippen molar-refractivity contribution >= 4 is 42.7 Å². The van der Waals surface area contributed by atoms with Gasteiger partial charge in [-0.05, 0) is 43.0 Å². The monoisotopic (exact) mass is 761 g/mol. The Bertz CT molecular complexity index is 1990. The van der Waals surface area contributed by atoms with Gasteiger partial charge in [-0.1, -0.05) is 23.7 Å². The molecule has 2 fully saturated rings. The number of imide groups is 1. The third-order valence-electron chi connectivity index (χ3n) is 9.50. The molecule has 0 aromatic heterocycles. The molecule has 53 heavy (non-hydrogen) atoms. The second-order valence-corrected chi connectivity index (χ2v) is 13.2. The molecule has 20 heteroatoms. The van der Waals surface area contributed by atoms with Crippen LogP contribution < -0.4 is 15.3 Å². The molecular formula is C33H32BClF3N5O10. The molecule has 15 nitrogen and oxygen atoms in total. The van der Waals surface area contributed by atoms with E-state index in [4.69, 9.17) is 16.3 Å². The Labute approximate surface area is 304 Å². The summed E-state index contributed by atoms with van der Waals surface area (Å²) in [7, 11) is -1.93. The molecule has 3 aliphatic heterocycles. The highest BCUT2D eigenvalue weighted by atomic mass is 35.5. The number of aromatic hydroxyl groups is 3. The van der Waals surface area contributed by atoms with E-state index < -0.39 is 93.9 Å². The maximum Gasteiger partial charge on any atom is 0.547 e. The van der Waals surface area contributed by atoms with Crippen molar-refractivity contribution in [2.75, 3.05) is 26.2 Å². The van der Waals surface area contributed by atoms with Crippen LogP contribution in [0.2, 0.25) is 5.02 Å². The molecular weight excluding hydrogens is 730 g/mol. The maximum atomic E-state index is 14.7. The Hall–Kier alpha value is -5.40. The average Bonchev–Trinajstić information content (AvgIpc) is 3.50. The quantitative estimate of drug-likeness (QED) is 0.131. The number of urea groups is 2. The highest BCUT2D eigenvalue weighted by molar-refractivity contribution is 6.47. The molecule has 0 aliphatic carbocycles. The highest BCUT2D eigenvalue weighted by Crippen LogP contribution is 2.41. The number of amides is 5. The number of benzene rings is 3. The Morgan fingerprint density at radius 3 is 2.36 bits per heavy atom. The lowest BCUT2D eigenvalue weighted by atomic mass is 9.72. The number of phenols is 3. The Balaban J connectivity index is 1.16. The van der Waals surface area contributed by atoms with Gasteiger partial charge in [0.25, 0.3) is 0 Å². The first-order valence-electron chi connectivity index (χ1n) is 16.3. The number of fused-ring (bicyclic) bond motifs is 1. The lowest BCUT2D eigenvalue weighted by molar-refractivity contribution is -0.123. The SMILES string of the molecule is O=C(O)c1c(F)ccc2c1OB(O)[C@@H](NC(=O)C(NC(=O)N1CCN(C3CCN(Cc4ccc(O)cc4F)CC3)C1=O)c1cc(F)c(O)c(O)c1Cl)C2. The van der Waals surface area contributed by atoms with Gasteiger partial charge in [-0.3, -0.25) is 9.69 Å². The number of aromatic carboxylic acids is 1. The number of hydrogen-bond acceptors (Lipinski definition) is 10. The molecule has 2 atom stereocenters. The number of rotatable bonds is 8. The second-order valence-electron chi connectivity index (χ2n) is 12.8. The fraction of sp³-hybridized carbons (Fsp3) is 0.333. The van der Waals surface area contributed by atoms with E-state index in [1.54, 1.807) is 0 Å². The number of halogens is 4. The number of nitrogens with one attached hydrogen (secondary N) is 2. The van der Waals surface area contributed by atoms with Crippen LogP contribution in [-0.2, 0) is 17.8 Å². The second kappa shape index (κ2) is 14.9. The van der Waals surface area contributed by atoms with Crippen LogP contribution in [0.4, 0.5) is 22.8 Å². The van der Waals surface area contributed by atoms with Crippen molar-refractivity contribution < 1.29 is 62.5 Å². The van der Waals surface area contributed by atoms with E-state index in [1.807, 2.05) is 4.90 Å². The minimum atomic E-state index is -1.95. The maximum absolute atomic E-state index is 14.7. The van der Waals surface area contributed by atoms with Crippen molar-refractivity contribution in [2.45, 2.75) is 43.8 Å². The topological polar surface area (TPSA) is 212 Å². The lowest BCUT2D eigenvalue weighted by Crippen LogP contribution is -2.56. The van der Waals surface area contributed by atoms with Gasteiger partial charge in [0.05, 0.1) is 11.0 Å². The molecule has 0 bridgehead atoms. The first kappa shape index (κ1) is 37.4. The molecule has 0 saturated carbocycles. The fourth-order valence-electron chi connectivity index (χ4n) is 6.72. The summed E-state index contributed by atoms with van der Waals surface area (Å²) < 4.78 is 48.4. The first-order valence-corrected chi connectivity index (χ1v) is 16.7. The largest absolute Gasteiger partial charge is 0.547 e. The van der Waals surface area contributed by atoms with Crippen molar-refractivity contribution in [1.29, 1.82) is 0 Å². The van der Waals surface area contributed by atoms with Gasteiger partial charge in [0, 0.05) is 56.0 Å². The fourth-order valence-corrected chi connectivity index (χ4v) is 6.97. The predicted molar refractivity (Wildman–Crippen MR) is 179 cm³/mol. The minimum absolute atomic E-state index is 0.102. The van der Waals surface area contributed by atoms with Crippen LogP contribution in [0, 0.1) is 17.5 Å². The number of carboxylic acid groups (broad SMARTS) is 1. The van der Waals surface area contributed by atoms with Crippen LogP contribution in [0.25, 0.3) is 0 Å². The molecule has 3 aliphatic rings. The number of phenolic OH excluding ortho intramolecular Hbond substituents is 3. The zero-order valence-electron chi connectivity index (χ0n) is 27.6. The summed E-state index contributed by atoms with van der Waals surface area (Å²) in [5, 5.41) is 53.7. The van der Waals surface area contributed by atoms with E-state index in [2.05, 4.69) is 10.6 Å². The van der Waals surface area contributed by atoms with Crippen LogP contribution in [0.1, 0.15) is 45.9 Å². The van der Waals surface area contributed by atoms with Crippen molar-refractivity contribution in [2.24, 2.45) is 0 Å². The zero-order chi connectivity index (χ0) is 38.3. The molecule has 5 amide bonds. The van der Waals surface area contributed by atoms with E-state index in [0.717, 1.165) is 17.0 Å². The normalized spacial score (nSPS) is 18.4. The molecule has 6 rings (SSSR count). The van der Waals surface area contributed by atoms with Crippen molar-refractivity contribution in [3.63, 3.8) is 0 Å². The van der Waals surface area contributed by atoms with E-state index in [0.29, 0.717) is 44.1 Å². The zero-order valence-corrected chi connectivity index (χ0v) is 28.3. The van der Waals surface area contributed by atoms with E-state index >= 15 is 0 Å². The summed E-state index contributed by atoms with van der Waals surface area (Å²) in [6.07, 6.45) is 0.723. The van der Waals surface area contributed by atoms with Crippen molar-refractivity contribution in [1.82, 2.24) is 25.3 Å². The molecule has 2 saturated heterocycles. The third-order valence-corrected chi connectivity index (χ3v) is 9.90. The number of carbonyl (C=O) groups excluding carboxylic acids is 3. The summed E-state index contributed by atoms with van der Waals surface area (Å²) in [6.45, 7) is 1.34. The van der Waals surface area contributed by atoms with Crippen LogP contribution in [0.15, 0.2) is 36.4 Å². The summed E-state index contributed by atoms with van der Waals surface area (Å²) in [5.41, 5.74) is -0.863. The Morgan fingerprint density at radius 1 is 0.962 bits per heavy atom. The van der Waals surface area contributed by atoms with Gasteiger partial charge in [0.1, 0.15) is 34.7 Å². The molecule has 1 unspecified atom stereocenters. The number of hydrogen-bond donors (Lipinski definition) is 7. The minimum Gasteiger partial charge on any atom is -0.534 e. The van der Waals surface area contributed by atoms with Gasteiger partial charge in [-0.15, -0.1) is 0 Å². The molecule has 7 N–H and O–H groups in total. The first-order chi connectivity index (χ1) is 25.1. The highest BCUT2D eigenvalue weighted by Gasteiger charge is 2.43. The van der Waals surface area contributed by atoms with Gasteiger partial charge in [0.2, 0.25) is 5.91 Å². The summed E-state index contributed by atoms with van der Waals surface area (Å²) in [4.78, 5) is 56.8. The number of carboxylic acids is 1. The number of nitrogens with zero attached hydrogens (tertiary/aromatic N) is 3.